The number of nitro benzene ring substituents is 1. The van der Waals surface area contributed by atoms with Crippen molar-refractivity contribution >= 4 is 23.3 Å². The second kappa shape index (κ2) is 5.27. The molecule has 0 amide bonds. The largest absolute Gasteiger partial charge is 0.486 e. The van der Waals surface area contributed by atoms with Crippen LogP contribution in [0.4, 0.5) is 5.69 Å². The third-order valence-electron chi connectivity index (χ3n) is 2.74. The van der Waals surface area contributed by atoms with Crippen LogP contribution in [0.15, 0.2) is 24.3 Å². The number of carboxylic acid groups (broad SMARTS) is 1. The minimum Gasteiger partial charge on any atom is -0.486 e. The number of rotatable bonds is 3. The van der Waals surface area contributed by atoms with Crippen molar-refractivity contribution in [3.05, 3.63) is 45.0 Å². The summed E-state index contributed by atoms with van der Waals surface area (Å²) in [6.45, 7) is 0.208. The van der Waals surface area contributed by atoms with Gasteiger partial charge in [-0.05, 0) is 12.5 Å². The molecular weight excluding hydrogens is 274 g/mol. The highest BCUT2D eigenvalue weighted by atomic mass is 35.5. The lowest BCUT2D eigenvalue weighted by Crippen LogP contribution is -2.20. The molecule has 0 spiro atoms. The SMILES string of the molecule is O=C(O)/C=C/C1COc2c(cc(Cl)cc2[N+](=O)[O-])C1. The third-order valence-corrected chi connectivity index (χ3v) is 2.96. The van der Waals surface area contributed by atoms with E-state index >= 15 is 0 Å². The molecule has 0 bridgehead atoms. The maximum absolute atomic E-state index is 10.9. The summed E-state index contributed by atoms with van der Waals surface area (Å²) < 4.78 is 5.37. The monoisotopic (exact) mass is 283 g/mol. The molecule has 100 valence electrons. The van der Waals surface area contributed by atoms with Crippen LogP contribution in [-0.2, 0) is 11.2 Å². The predicted molar refractivity (Wildman–Crippen MR) is 67.6 cm³/mol. The van der Waals surface area contributed by atoms with Crippen molar-refractivity contribution in [2.45, 2.75) is 6.42 Å². The van der Waals surface area contributed by atoms with E-state index in [4.69, 9.17) is 21.4 Å². The zero-order chi connectivity index (χ0) is 14.0. The molecule has 0 saturated heterocycles. The molecule has 2 rings (SSSR count). The Labute approximate surface area is 113 Å². The van der Waals surface area contributed by atoms with Gasteiger partial charge in [0, 0.05) is 28.6 Å². The van der Waals surface area contributed by atoms with Crippen molar-refractivity contribution in [2.75, 3.05) is 6.61 Å². The van der Waals surface area contributed by atoms with Gasteiger partial charge in [-0.25, -0.2) is 4.79 Å². The Morgan fingerprint density at radius 1 is 1.58 bits per heavy atom. The van der Waals surface area contributed by atoms with Gasteiger partial charge < -0.3 is 9.84 Å². The van der Waals surface area contributed by atoms with Crippen molar-refractivity contribution in [3.63, 3.8) is 0 Å². The van der Waals surface area contributed by atoms with Gasteiger partial charge in [0.15, 0.2) is 5.75 Å². The lowest BCUT2D eigenvalue weighted by Gasteiger charge is -2.22. The van der Waals surface area contributed by atoms with Gasteiger partial charge in [0.1, 0.15) is 0 Å². The Morgan fingerprint density at radius 3 is 2.95 bits per heavy atom. The van der Waals surface area contributed by atoms with Crippen LogP contribution in [0, 0.1) is 16.0 Å². The summed E-state index contributed by atoms with van der Waals surface area (Å²) in [4.78, 5) is 20.8. The number of carboxylic acids is 1. The van der Waals surface area contributed by atoms with Gasteiger partial charge >= 0.3 is 11.7 Å². The molecule has 1 aliphatic rings. The summed E-state index contributed by atoms with van der Waals surface area (Å²) in [6, 6.07) is 2.85. The number of carbonyl (C=O) groups is 1. The highest BCUT2D eigenvalue weighted by Gasteiger charge is 2.27. The van der Waals surface area contributed by atoms with Crippen LogP contribution in [0.5, 0.6) is 5.75 Å². The van der Waals surface area contributed by atoms with Crippen molar-refractivity contribution in [1.82, 2.24) is 0 Å². The zero-order valence-corrected chi connectivity index (χ0v) is 10.5. The fraction of sp³-hybridized carbons (Fsp3) is 0.250. The number of nitro groups is 1. The average Bonchev–Trinajstić information content (AvgIpc) is 2.34. The van der Waals surface area contributed by atoms with Gasteiger partial charge in [0.25, 0.3) is 0 Å². The first-order chi connectivity index (χ1) is 8.97. The number of nitrogens with zero attached hydrogens (tertiary/aromatic N) is 1. The summed E-state index contributed by atoms with van der Waals surface area (Å²) in [7, 11) is 0. The first-order valence-electron chi connectivity index (χ1n) is 5.48. The van der Waals surface area contributed by atoms with E-state index in [2.05, 4.69) is 0 Å². The second-order valence-electron chi connectivity index (χ2n) is 4.14. The van der Waals surface area contributed by atoms with E-state index in [-0.39, 0.29) is 29.0 Å². The molecule has 1 atom stereocenters. The zero-order valence-electron chi connectivity index (χ0n) is 9.71. The predicted octanol–water partition coefficient (Wildman–Crippen LogP) is 2.44. The van der Waals surface area contributed by atoms with E-state index in [0.717, 1.165) is 6.08 Å². The molecule has 0 aliphatic carbocycles. The van der Waals surface area contributed by atoms with E-state index in [0.29, 0.717) is 12.0 Å². The number of hydrogen-bond acceptors (Lipinski definition) is 4. The molecule has 6 nitrogen and oxygen atoms in total. The van der Waals surface area contributed by atoms with Crippen LogP contribution in [0.3, 0.4) is 0 Å². The summed E-state index contributed by atoms with van der Waals surface area (Å²) in [5.74, 6) is -0.959. The smallest absolute Gasteiger partial charge is 0.327 e. The Kier molecular flexibility index (Phi) is 3.71. The number of halogens is 1. The van der Waals surface area contributed by atoms with Crippen LogP contribution < -0.4 is 4.74 Å². The molecular formula is C12H10ClNO5. The molecule has 0 aromatic heterocycles. The first kappa shape index (κ1) is 13.4. The molecule has 7 heteroatoms. The topological polar surface area (TPSA) is 89.7 Å². The summed E-state index contributed by atoms with van der Waals surface area (Å²) >= 11 is 5.83. The van der Waals surface area contributed by atoms with Gasteiger partial charge in [-0.1, -0.05) is 17.7 Å². The Bertz CT molecular complexity index is 569. The van der Waals surface area contributed by atoms with Crippen molar-refractivity contribution < 1.29 is 19.6 Å². The van der Waals surface area contributed by atoms with Crippen molar-refractivity contribution in [1.29, 1.82) is 0 Å². The summed E-state index contributed by atoms with van der Waals surface area (Å²) in [5, 5.41) is 19.7. The molecule has 1 aromatic rings. The van der Waals surface area contributed by atoms with Crippen LogP contribution in [0.1, 0.15) is 5.56 Å². The molecule has 1 aromatic carbocycles. The lowest BCUT2D eigenvalue weighted by atomic mass is 9.95. The number of fused-ring (bicyclic) bond motifs is 1. The van der Waals surface area contributed by atoms with Gasteiger partial charge in [0.05, 0.1) is 11.5 Å². The molecule has 1 unspecified atom stereocenters. The number of aliphatic carboxylic acids is 1. The van der Waals surface area contributed by atoms with Crippen LogP contribution in [0.25, 0.3) is 0 Å². The summed E-state index contributed by atoms with van der Waals surface area (Å²) in [6.07, 6.45) is 3.01. The van der Waals surface area contributed by atoms with Gasteiger partial charge in [-0.15, -0.1) is 0 Å². The van der Waals surface area contributed by atoms with Gasteiger partial charge in [0.2, 0.25) is 0 Å². The van der Waals surface area contributed by atoms with Gasteiger partial charge in [-0.2, -0.15) is 0 Å². The molecule has 1 aliphatic heterocycles. The van der Waals surface area contributed by atoms with E-state index in [1.807, 2.05) is 0 Å². The average molecular weight is 284 g/mol. The normalized spacial score (nSPS) is 17.8. The van der Waals surface area contributed by atoms with E-state index in [1.54, 1.807) is 6.07 Å². The highest BCUT2D eigenvalue weighted by Crippen LogP contribution is 2.38. The molecule has 0 radical (unpaired) electrons. The molecule has 0 fully saturated rings. The van der Waals surface area contributed by atoms with Crippen molar-refractivity contribution in [3.8, 4) is 5.75 Å². The van der Waals surface area contributed by atoms with Crippen LogP contribution in [-0.4, -0.2) is 22.6 Å². The Balaban J connectivity index is 2.30. The minimum atomic E-state index is -1.04. The number of hydrogen-bond donors (Lipinski definition) is 1. The Morgan fingerprint density at radius 2 is 2.32 bits per heavy atom. The maximum Gasteiger partial charge on any atom is 0.327 e. The highest BCUT2D eigenvalue weighted by molar-refractivity contribution is 6.31. The van der Waals surface area contributed by atoms with Gasteiger partial charge in [-0.3, -0.25) is 10.1 Å². The minimum absolute atomic E-state index is 0.137. The van der Waals surface area contributed by atoms with E-state index < -0.39 is 10.9 Å². The fourth-order valence-electron chi connectivity index (χ4n) is 1.96. The summed E-state index contributed by atoms with van der Waals surface area (Å²) in [5.41, 5.74) is 0.452. The molecule has 0 saturated carbocycles. The lowest BCUT2D eigenvalue weighted by molar-refractivity contribution is -0.386. The quantitative estimate of drug-likeness (QED) is 0.523. The third kappa shape index (κ3) is 3.03. The van der Waals surface area contributed by atoms with Crippen LogP contribution in [0.2, 0.25) is 5.02 Å². The number of ether oxygens (including phenoxy) is 1. The van der Waals surface area contributed by atoms with Crippen LogP contribution >= 0.6 is 11.6 Å². The Hall–Kier alpha value is -2.08. The maximum atomic E-state index is 10.9. The standard InChI is InChI=1S/C12H10ClNO5/c13-9-4-8-3-7(1-2-11(15)16)6-19-12(8)10(5-9)14(17)18/h1-2,4-5,7H,3,6H2,(H,15,16)/b2-1+. The first-order valence-corrected chi connectivity index (χ1v) is 5.86. The molecule has 1 N–H and O–H groups in total. The van der Waals surface area contributed by atoms with E-state index in [1.165, 1.54) is 12.1 Å². The molecule has 19 heavy (non-hydrogen) atoms. The fourth-order valence-corrected chi connectivity index (χ4v) is 2.20. The second-order valence-corrected chi connectivity index (χ2v) is 4.58. The van der Waals surface area contributed by atoms with E-state index in [9.17, 15) is 14.9 Å². The van der Waals surface area contributed by atoms with Crippen molar-refractivity contribution in [2.24, 2.45) is 5.92 Å². The molecule has 1 heterocycles. The number of benzene rings is 1.